The summed E-state index contributed by atoms with van der Waals surface area (Å²) in [5, 5.41) is 10.6. The van der Waals surface area contributed by atoms with Crippen molar-refractivity contribution in [3.8, 4) is 0 Å². The Kier molecular flexibility index (Phi) is 67.4. The van der Waals surface area contributed by atoms with E-state index in [1.165, 1.54) is 212 Å². The van der Waals surface area contributed by atoms with Crippen LogP contribution in [-0.4, -0.2) is 96.7 Å². The lowest BCUT2D eigenvalue weighted by Crippen LogP contribution is -2.30. The van der Waals surface area contributed by atoms with Crippen molar-refractivity contribution in [3.05, 3.63) is 0 Å². The molecule has 0 amide bonds. The zero-order valence-electron chi connectivity index (χ0n) is 62.7. The minimum Gasteiger partial charge on any atom is -0.462 e. The number of unbranched alkanes of at least 4 members (excludes halogenated alkanes) is 46. The van der Waals surface area contributed by atoms with Gasteiger partial charge in [-0.05, 0) is 37.5 Å². The summed E-state index contributed by atoms with van der Waals surface area (Å²) in [6.45, 7) is 9.54. The van der Waals surface area contributed by atoms with E-state index in [-0.39, 0.29) is 25.7 Å². The third-order valence-corrected chi connectivity index (χ3v) is 19.9. The van der Waals surface area contributed by atoms with E-state index in [9.17, 15) is 43.2 Å². The van der Waals surface area contributed by atoms with E-state index in [0.29, 0.717) is 31.6 Å². The quantitative estimate of drug-likeness (QED) is 0.0222. The number of esters is 4. The molecule has 0 aliphatic heterocycles. The van der Waals surface area contributed by atoms with E-state index in [4.69, 9.17) is 37.0 Å². The number of ether oxygens (including phenoxy) is 4. The van der Waals surface area contributed by atoms with Crippen molar-refractivity contribution in [2.24, 2.45) is 11.8 Å². The number of carbonyl (C=O) groups is 4. The van der Waals surface area contributed by atoms with E-state index < -0.39 is 97.5 Å². The minimum atomic E-state index is -4.96. The third kappa shape index (κ3) is 70.5. The van der Waals surface area contributed by atoms with Gasteiger partial charge in [-0.25, -0.2) is 9.13 Å². The second-order valence-electron chi connectivity index (χ2n) is 28.7. The van der Waals surface area contributed by atoms with Gasteiger partial charge in [-0.1, -0.05) is 350 Å². The molecule has 570 valence electrons. The van der Waals surface area contributed by atoms with Crippen molar-refractivity contribution >= 4 is 39.5 Å². The zero-order chi connectivity index (χ0) is 70.7. The lowest BCUT2D eigenvalue weighted by molar-refractivity contribution is -0.161. The van der Waals surface area contributed by atoms with Gasteiger partial charge in [0.25, 0.3) is 0 Å². The Bertz CT molecular complexity index is 1860. The maximum absolute atomic E-state index is 13.1. The van der Waals surface area contributed by atoms with Gasteiger partial charge >= 0.3 is 39.5 Å². The van der Waals surface area contributed by atoms with Crippen LogP contribution in [0.2, 0.25) is 0 Å². The fourth-order valence-corrected chi connectivity index (χ4v) is 13.4. The smallest absolute Gasteiger partial charge is 0.462 e. The number of phosphoric ester groups is 2. The highest BCUT2D eigenvalue weighted by Crippen LogP contribution is 2.45. The van der Waals surface area contributed by atoms with Crippen LogP contribution in [0.15, 0.2) is 0 Å². The maximum atomic E-state index is 13.1. The first-order valence-electron chi connectivity index (χ1n) is 40.0. The van der Waals surface area contributed by atoms with Crippen LogP contribution in [0.5, 0.6) is 0 Å². The normalized spacial score (nSPS) is 14.0. The standard InChI is InChI=1S/C77H150O17P2/c1-7-9-11-13-15-17-19-20-21-27-30-33-37-40-47-53-59-74(79)87-65-72(93-77(82)62-56-50-42-38-34-31-28-25-23-22-24-26-29-32-35-39-45-51-57-69(3)4)67-91-95(83,84)89-63-71(78)64-90-96(85,86)92-68-73(66-88-75(80)60-54-48-44-43-46-52-58-70(5)6)94-76(81)61-55-49-41-36-18-16-14-12-10-8-2/h69-73,78H,7-68H2,1-6H3,(H,83,84)(H,85,86)/t71-,72-,73-/m1/s1. The molecule has 0 aromatic carbocycles. The number of aliphatic hydroxyl groups is 1. The van der Waals surface area contributed by atoms with Crippen LogP contribution < -0.4 is 0 Å². The average Bonchev–Trinajstić information content (AvgIpc) is 1.95. The van der Waals surface area contributed by atoms with Crippen molar-refractivity contribution < 1.29 is 80.2 Å². The molecule has 0 aromatic rings. The zero-order valence-corrected chi connectivity index (χ0v) is 64.5. The SMILES string of the molecule is CCCCCCCCCCCCCCCCCCC(=O)OC[C@H](COP(=O)(O)OC[C@@H](O)COP(=O)(O)OC[C@@H](COC(=O)CCCCCCCCC(C)C)OC(=O)CCCCCCCCCCCC)OC(=O)CCCCCCCCCCCCCCCCCCCCC(C)C. The highest BCUT2D eigenvalue weighted by Gasteiger charge is 2.30. The molecule has 0 rings (SSSR count). The Hall–Kier alpha value is -1.94. The number of aliphatic hydroxyl groups excluding tert-OH is 1. The molecule has 19 heteroatoms. The van der Waals surface area contributed by atoms with Gasteiger partial charge in [-0.3, -0.25) is 37.3 Å². The number of hydrogen-bond donors (Lipinski definition) is 3. The molecule has 0 bridgehead atoms. The first-order valence-corrected chi connectivity index (χ1v) is 43.0. The van der Waals surface area contributed by atoms with Crippen LogP contribution in [0.1, 0.15) is 401 Å². The van der Waals surface area contributed by atoms with Crippen LogP contribution in [0.3, 0.4) is 0 Å². The molecule has 0 aliphatic carbocycles. The summed E-state index contributed by atoms with van der Waals surface area (Å²) in [6, 6.07) is 0. The van der Waals surface area contributed by atoms with Crippen LogP contribution in [0.4, 0.5) is 0 Å². The Morgan fingerprint density at radius 1 is 0.281 bits per heavy atom. The van der Waals surface area contributed by atoms with Crippen LogP contribution in [0.25, 0.3) is 0 Å². The maximum Gasteiger partial charge on any atom is 0.472 e. The van der Waals surface area contributed by atoms with E-state index in [2.05, 4.69) is 41.5 Å². The molecule has 0 aliphatic rings. The van der Waals surface area contributed by atoms with Crippen molar-refractivity contribution in [1.29, 1.82) is 0 Å². The first-order chi connectivity index (χ1) is 46.4. The Morgan fingerprint density at radius 3 is 0.708 bits per heavy atom. The number of carbonyl (C=O) groups excluding carboxylic acids is 4. The molecule has 0 aromatic heterocycles. The van der Waals surface area contributed by atoms with Crippen LogP contribution >= 0.6 is 15.6 Å². The number of hydrogen-bond acceptors (Lipinski definition) is 15. The summed E-state index contributed by atoms with van der Waals surface area (Å²) >= 11 is 0. The van der Waals surface area contributed by atoms with Crippen molar-refractivity contribution in [3.63, 3.8) is 0 Å². The molecule has 96 heavy (non-hydrogen) atoms. The summed E-state index contributed by atoms with van der Waals surface area (Å²) in [7, 11) is -9.91. The molecule has 0 saturated heterocycles. The average molecular weight is 1410 g/mol. The number of phosphoric acid groups is 2. The molecule has 0 fully saturated rings. The molecular weight excluding hydrogens is 1260 g/mol. The first kappa shape index (κ1) is 94.1. The van der Waals surface area contributed by atoms with Gasteiger partial charge in [0.2, 0.25) is 0 Å². The number of rotatable bonds is 76. The van der Waals surface area contributed by atoms with Gasteiger partial charge in [-0.2, -0.15) is 0 Å². The molecule has 0 spiro atoms. The van der Waals surface area contributed by atoms with Gasteiger partial charge in [0.1, 0.15) is 19.3 Å². The van der Waals surface area contributed by atoms with Crippen molar-refractivity contribution in [1.82, 2.24) is 0 Å². The van der Waals surface area contributed by atoms with Crippen molar-refractivity contribution in [2.75, 3.05) is 39.6 Å². The van der Waals surface area contributed by atoms with Gasteiger partial charge < -0.3 is 33.8 Å². The van der Waals surface area contributed by atoms with Gasteiger partial charge in [-0.15, -0.1) is 0 Å². The fourth-order valence-electron chi connectivity index (χ4n) is 11.8. The van der Waals surface area contributed by atoms with Crippen LogP contribution in [0, 0.1) is 11.8 Å². The molecular formula is C77H150O17P2. The molecule has 3 N–H and O–H groups in total. The second-order valence-corrected chi connectivity index (χ2v) is 31.6. The summed E-state index contributed by atoms with van der Waals surface area (Å²) in [6.07, 6.45) is 57.1. The van der Waals surface area contributed by atoms with E-state index in [0.717, 1.165) is 102 Å². The Labute approximate surface area is 588 Å². The molecule has 0 radical (unpaired) electrons. The lowest BCUT2D eigenvalue weighted by atomic mass is 10.0. The van der Waals surface area contributed by atoms with Crippen LogP contribution in [-0.2, 0) is 65.4 Å². The topological polar surface area (TPSA) is 237 Å². The van der Waals surface area contributed by atoms with Gasteiger partial charge in [0.05, 0.1) is 26.4 Å². The largest absolute Gasteiger partial charge is 0.472 e. The predicted octanol–water partition coefficient (Wildman–Crippen LogP) is 22.7. The molecule has 2 unspecified atom stereocenters. The van der Waals surface area contributed by atoms with E-state index in [1.54, 1.807) is 0 Å². The Balaban J connectivity index is 5.18. The highest BCUT2D eigenvalue weighted by atomic mass is 31.2. The summed E-state index contributed by atoms with van der Waals surface area (Å²) < 4.78 is 68.5. The third-order valence-electron chi connectivity index (χ3n) is 18.0. The van der Waals surface area contributed by atoms with E-state index >= 15 is 0 Å². The van der Waals surface area contributed by atoms with Gasteiger partial charge in [0, 0.05) is 25.7 Å². The monoisotopic (exact) mass is 1410 g/mol. The van der Waals surface area contributed by atoms with Gasteiger partial charge in [0.15, 0.2) is 12.2 Å². The second kappa shape index (κ2) is 68.8. The molecule has 0 heterocycles. The predicted molar refractivity (Wildman–Crippen MR) is 391 cm³/mol. The highest BCUT2D eigenvalue weighted by molar-refractivity contribution is 7.47. The molecule has 5 atom stereocenters. The summed E-state index contributed by atoms with van der Waals surface area (Å²) in [4.78, 5) is 72.7. The molecule has 17 nitrogen and oxygen atoms in total. The lowest BCUT2D eigenvalue weighted by Gasteiger charge is -2.21. The van der Waals surface area contributed by atoms with E-state index in [1.807, 2.05) is 0 Å². The summed E-state index contributed by atoms with van der Waals surface area (Å²) in [5.41, 5.74) is 0. The Morgan fingerprint density at radius 2 is 0.479 bits per heavy atom. The molecule has 0 saturated carbocycles. The summed E-state index contributed by atoms with van der Waals surface area (Å²) in [5.74, 6) is -0.616. The minimum absolute atomic E-state index is 0.106. The fraction of sp³-hybridized carbons (Fsp3) is 0.948. The van der Waals surface area contributed by atoms with Crippen molar-refractivity contribution in [2.45, 2.75) is 419 Å².